The minimum Gasteiger partial charge on any atom is -0.494 e. The molecule has 0 atom stereocenters. The molecule has 4 aromatic rings. The van der Waals surface area contributed by atoms with Crippen LogP contribution in [-0.2, 0) is 14.3 Å². The Balaban J connectivity index is 0.000000159. The highest BCUT2D eigenvalue weighted by Crippen LogP contribution is 2.40. The highest BCUT2D eigenvalue weighted by atomic mass is 32.1. The number of carbonyl (C=O) groups excluding carboxylic acids is 3. The first-order valence-corrected chi connectivity index (χ1v) is 14.2. The van der Waals surface area contributed by atoms with Crippen molar-refractivity contribution < 1.29 is 24.2 Å². The van der Waals surface area contributed by atoms with Crippen molar-refractivity contribution >= 4 is 63.2 Å². The molecule has 6 rings (SSSR count). The third-order valence-electron chi connectivity index (χ3n) is 5.80. The number of nitrogens with zero attached hydrogens (tertiary/aromatic N) is 1. The summed E-state index contributed by atoms with van der Waals surface area (Å²) in [6.07, 6.45) is 0.102. The predicted molar refractivity (Wildman–Crippen MR) is 150 cm³/mol. The lowest BCUT2D eigenvalue weighted by atomic mass is 10.1. The Labute approximate surface area is 230 Å². The van der Waals surface area contributed by atoms with Crippen LogP contribution in [-0.4, -0.2) is 40.2 Å². The third-order valence-corrected chi connectivity index (χ3v) is 8.71. The van der Waals surface area contributed by atoms with Crippen LogP contribution in [0.4, 0.5) is 0 Å². The van der Waals surface area contributed by atoms with Gasteiger partial charge >= 0.3 is 5.97 Å². The fourth-order valence-electron chi connectivity index (χ4n) is 4.17. The van der Waals surface area contributed by atoms with Gasteiger partial charge in [-0.25, -0.2) is 9.79 Å². The number of amides is 2. The van der Waals surface area contributed by atoms with Crippen LogP contribution in [0.2, 0.25) is 0 Å². The van der Waals surface area contributed by atoms with Gasteiger partial charge in [-0.05, 0) is 56.5 Å². The van der Waals surface area contributed by atoms with Crippen LogP contribution in [0.1, 0.15) is 48.8 Å². The summed E-state index contributed by atoms with van der Waals surface area (Å²) in [5.41, 5.74) is 3.23. The SMILES string of the molecule is CCOC(=O)C1=C(c2ccc(C)s2)NC(=O)C1.Cc1ccc(-c2[nH]c(O)c3c2C(=O)N=C3c2cccs2)s1. The lowest BCUT2D eigenvalue weighted by Crippen LogP contribution is -2.13. The molecule has 2 aliphatic rings. The van der Waals surface area contributed by atoms with Crippen molar-refractivity contribution in [2.24, 2.45) is 4.99 Å². The lowest BCUT2D eigenvalue weighted by molar-refractivity contribution is -0.139. The van der Waals surface area contributed by atoms with Crippen molar-refractivity contribution in [3.8, 4) is 16.5 Å². The van der Waals surface area contributed by atoms with Crippen LogP contribution in [0.15, 0.2) is 52.3 Å². The molecule has 0 fully saturated rings. The highest BCUT2D eigenvalue weighted by molar-refractivity contribution is 7.15. The van der Waals surface area contributed by atoms with Crippen molar-refractivity contribution in [1.82, 2.24) is 10.3 Å². The maximum absolute atomic E-state index is 12.3. The van der Waals surface area contributed by atoms with Crippen LogP contribution in [0.3, 0.4) is 0 Å². The summed E-state index contributed by atoms with van der Waals surface area (Å²) < 4.78 is 4.95. The van der Waals surface area contributed by atoms with Gasteiger partial charge in [0, 0.05) is 9.75 Å². The largest absolute Gasteiger partial charge is 0.494 e. The molecular weight excluding hydrogens is 543 g/mol. The first-order valence-electron chi connectivity index (χ1n) is 11.7. The van der Waals surface area contributed by atoms with E-state index in [2.05, 4.69) is 15.3 Å². The van der Waals surface area contributed by atoms with Gasteiger partial charge in [0.25, 0.3) is 5.91 Å². The number of aromatic nitrogens is 1. The molecule has 8 nitrogen and oxygen atoms in total. The first kappa shape index (κ1) is 25.8. The van der Waals surface area contributed by atoms with E-state index < -0.39 is 5.97 Å². The van der Waals surface area contributed by atoms with Gasteiger partial charge in [-0.15, -0.1) is 34.0 Å². The molecule has 11 heteroatoms. The molecule has 38 heavy (non-hydrogen) atoms. The summed E-state index contributed by atoms with van der Waals surface area (Å²) in [4.78, 5) is 47.4. The molecule has 0 aromatic carbocycles. The van der Waals surface area contributed by atoms with E-state index in [4.69, 9.17) is 4.74 Å². The number of carbonyl (C=O) groups is 3. The number of hydrogen-bond donors (Lipinski definition) is 3. The zero-order chi connectivity index (χ0) is 27.0. The number of nitrogens with one attached hydrogen (secondary N) is 2. The van der Waals surface area contributed by atoms with Gasteiger partial charge in [-0.1, -0.05) is 6.07 Å². The van der Waals surface area contributed by atoms with E-state index in [1.54, 1.807) is 29.6 Å². The molecule has 0 spiro atoms. The number of hydrogen-bond acceptors (Lipinski definition) is 8. The topological polar surface area (TPSA) is 121 Å². The lowest BCUT2D eigenvalue weighted by Gasteiger charge is -2.04. The van der Waals surface area contributed by atoms with E-state index in [1.165, 1.54) is 11.3 Å². The summed E-state index contributed by atoms with van der Waals surface area (Å²) in [5, 5.41) is 14.9. The van der Waals surface area contributed by atoms with Gasteiger partial charge in [0.15, 0.2) is 5.88 Å². The fraction of sp³-hybridized carbons (Fsp3) is 0.185. The monoisotopic (exact) mass is 565 g/mol. The van der Waals surface area contributed by atoms with Gasteiger partial charge in [0.1, 0.15) is 0 Å². The quantitative estimate of drug-likeness (QED) is 0.270. The Hall–Kier alpha value is -3.80. The molecule has 0 unspecified atom stereocenters. The maximum Gasteiger partial charge on any atom is 0.336 e. The second-order valence-corrected chi connectivity index (χ2v) is 12.0. The molecule has 2 aliphatic heterocycles. The van der Waals surface area contributed by atoms with Crippen molar-refractivity contribution in [2.75, 3.05) is 6.61 Å². The van der Waals surface area contributed by atoms with Crippen LogP contribution in [0, 0.1) is 13.8 Å². The zero-order valence-electron chi connectivity index (χ0n) is 20.7. The Morgan fingerprint density at radius 3 is 2.34 bits per heavy atom. The van der Waals surface area contributed by atoms with Crippen LogP contribution >= 0.6 is 34.0 Å². The van der Waals surface area contributed by atoms with E-state index in [9.17, 15) is 19.5 Å². The molecular formula is C27H23N3O5S3. The number of aromatic hydroxyl groups is 1. The number of aromatic amines is 1. The van der Waals surface area contributed by atoms with E-state index in [-0.39, 0.29) is 24.1 Å². The molecule has 4 aromatic heterocycles. The average Bonchev–Trinajstić information content (AvgIpc) is 3.69. The second kappa shape index (κ2) is 10.5. The average molecular weight is 566 g/mol. The number of fused-ring (bicyclic) bond motifs is 1. The standard InChI is InChI=1S/C15H10N2O2S2.C12H13NO3S/c1-7-4-5-9(21-7)13-11-10(14(18)17-13)12(16-15(11)19)8-3-2-6-20-8;1-3-16-12(15)8-6-10(14)13-11(8)9-5-4-7(2)17-9/h2-6,17-18H,1H3;4-5H,3,6H2,1-2H3,(H,13,14). The molecule has 6 heterocycles. The molecule has 0 saturated heterocycles. The van der Waals surface area contributed by atoms with Crippen molar-refractivity contribution in [3.63, 3.8) is 0 Å². The van der Waals surface area contributed by atoms with Crippen LogP contribution in [0.25, 0.3) is 16.3 Å². The minimum absolute atomic E-state index is 0.00375. The Kier molecular flexibility index (Phi) is 7.15. The van der Waals surface area contributed by atoms with Crippen LogP contribution < -0.4 is 5.32 Å². The smallest absolute Gasteiger partial charge is 0.336 e. The number of thiophene rings is 3. The summed E-state index contributed by atoms with van der Waals surface area (Å²) in [7, 11) is 0. The molecule has 0 bridgehead atoms. The van der Waals surface area contributed by atoms with Crippen LogP contribution in [0.5, 0.6) is 5.88 Å². The predicted octanol–water partition coefficient (Wildman–Crippen LogP) is 5.66. The zero-order valence-corrected chi connectivity index (χ0v) is 23.2. The van der Waals surface area contributed by atoms with Crippen molar-refractivity contribution in [2.45, 2.75) is 27.2 Å². The van der Waals surface area contributed by atoms with Gasteiger partial charge in [-0.3, -0.25) is 9.59 Å². The number of ether oxygens (including phenoxy) is 1. The van der Waals surface area contributed by atoms with E-state index in [0.717, 1.165) is 24.4 Å². The number of aryl methyl sites for hydroxylation is 2. The summed E-state index contributed by atoms with van der Waals surface area (Å²) in [6.45, 7) is 6.05. The molecule has 0 aliphatic carbocycles. The number of esters is 1. The first-order chi connectivity index (χ1) is 18.3. The maximum atomic E-state index is 12.3. The summed E-state index contributed by atoms with van der Waals surface area (Å²) in [5.74, 6) is -0.865. The molecule has 194 valence electrons. The van der Waals surface area contributed by atoms with Crippen molar-refractivity contribution in [1.29, 1.82) is 0 Å². The van der Waals surface area contributed by atoms with E-state index in [0.29, 0.717) is 40.4 Å². The third kappa shape index (κ3) is 4.87. The van der Waals surface area contributed by atoms with Gasteiger partial charge in [0.2, 0.25) is 5.91 Å². The van der Waals surface area contributed by atoms with E-state index >= 15 is 0 Å². The summed E-state index contributed by atoms with van der Waals surface area (Å²) in [6, 6.07) is 11.6. The minimum atomic E-state index is -0.410. The van der Waals surface area contributed by atoms with Crippen molar-refractivity contribution in [3.05, 3.63) is 78.0 Å². The van der Waals surface area contributed by atoms with E-state index in [1.807, 2.05) is 55.6 Å². The second-order valence-electron chi connectivity index (χ2n) is 8.46. The van der Waals surface area contributed by atoms with Gasteiger partial charge in [-0.2, -0.15) is 0 Å². The highest BCUT2D eigenvalue weighted by Gasteiger charge is 2.34. The molecule has 3 N–H and O–H groups in total. The molecule has 0 radical (unpaired) electrons. The van der Waals surface area contributed by atoms with Gasteiger partial charge < -0.3 is 20.1 Å². The Bertz CT molecular complexity index is 1620. The normalized spacial score (nSPS) is 14.2. The Morgan fingerprint density at radius 1 is 1.03 bits per heavy atom. The Morgan fingerprint density at radius 2 is 1.74 bits per heavy atom. The molecule has 2 amide bonds. The number of rotatable bonds is 5. The molecule has 0 saturated carbocycles. The van der Waals surface area contributed by atoms with Gasteiger partial charge in [0.05, 0.1) is 61.5 Å². The number of aliphatic imine (C=N–C) groups is 1. The fourth-order valence-corrected chi connectivity index (χ4v) is 6.66. The summed E-state index contributed by atoms with van der Waals surface area (Å²) >= 11 is 4.62. The number of H-pyrrole nitrogens is 1.